The van der Waals surface area contributed by atoms with Gasteiger partial charge in [-0.3, -0.25) is 4.79 Å². The Morgan fingerprint density at radius 2 is 1.94 bits per heavy atom. The third-order valence-electron chi connectivity index (χ3n) is 4.75. The van der Waals surface area contributed by atoms with Crippen LogP contribution in [0.5, 0.6) is 0 Å². The zero-order valence-electron chi connectivity index (χ0n) is 16.8. The third kappa shape index (κ3) is 4.54. The first-order valence-electron chi connectivity index (χ1n) is 9.49. The molecule has 162 valence electrons. The number of rotatable bonds is 6. The van der Waals surface area contributed by atoms with Crippen molar-refractivity contribution in [1.29, 1.82) is 0 Å². The van der Waals surface area contributed by atoms with E-state index in [1.807, 2.05) is 35.0 Å². The van der Waals surface area contributed by atoms with Gasteiger partial charge in [-0.15, -0.1) is 0 Å². The monoisotopic (exact) mass is 469 g/mol. The number of hydrogen-bond acceptors (Lipinski definition) is 5. The lowest BCUT2D eigenvalue weighted by atomic mass is 10.2. The van der Waals surface area contributed by atoms with Crippen molar-refractivity contribution in [2.75, 3.05) is 7.11 Å². The molecule has 2 aromatic heterocycles. The molecule has 0 saturated carbocycles. The van der Waals surface area contributed by atoms with Crippen molar-refractivity contribution >= 4 is 52.2 Å². The van der Waals surface area contributed by atoms with Crippen LogP contribution in [0.2, 0.25) is 10.0 Å². The molecule has 0 atom stereocenters. The summed E-state index contributed by atoms with van der Waals surface area (Å²) in [5, 5.41) is 5.69. The molecule has 0 aliphatic carbocycles. The Kier molecular flexibility index (Phi) is 6.30. The first-order valence-corrected chi connectivity index (χ1v) is 10.2. The summed E-state index contributed by atoms with van der Waals surface area (Å²) in [7, 11) is 1.30. The van der Waals surface area contributed by atoms with Crippen LogP contribution in [-0.2, 0) is 11.3 Å². The zero-order valence-corrected chi connectivity index (χ0v) is 18.4. The van der Waals surface area contributed by atoms with Crippen LogP contribution in [0, 0.1) is 0 Å². The molecule has 4 aromatic rings. The van der Waals surface area contributed by atoms with Crippen molar-refractivity contribution in [2.45, 2.75) is 6.54 Å². The maximum Gasteiger partial charge on any atom is 0.373 e. The minimum Gasteiger partial charge on any atom is -0.463 e. The fourth-order valence-corrected chi connectivity index (χ4v) is 3.51. The predicted octanol–water partition coefficient (Wildman–Crippen LogP) is 5.14. The van der Waals surface area contributed by atoms with Gasteiger partial charge in [-0.25, -0.2) is 10.2 Å². The molecular formula is C23H17Cl2N3O4. The molecule has 2 aromatic carbocycles. The third-order valence-corrected chi connectivity index (χ3v) is 5.48. The smallest absolute Gasteiger partial charge is 0.373 e. The van der Waals surface area contributed by atoms with Gasteiger partial charge < -0.3 is 13.7 Å². The van der Waals surface area contributed by atoms with Crippen molar-refractivity contribution in [3.63, 3.8) is 0 Å². The van der Waals surface area contributed by atoms with Gasteiger partial charge in [0.2, 0.25) is 5.76 Å². The second-order valence-electron chi connectivity index (χ2n) is 6.82. The van der Waals surface area contributed by atoms with Crippen molar-refractivity contribution in [3.05, 3.63) is 93.5 Å². The Morgan fingerprint density at radius 1 is 1.12 bits per heavy atom. The number of methoxy groups -OCH3 is 1. The summed E-state index contributed by atoms with van der Waals surface area (Å²) in [6, 6.07) is 15.7. The average molecular weight is 470 g/mol. The molecule has 0 unspecified atom stereocenters. The first-order chi connectivity index (χ1) is 15.5. The fraction of sp³-hybridized carbons (Fsp3) is 0.0870. The molecule has 0 bridgehead atoms. The standard InChI is InChI=1S/C23H17Cl2N3O4/c1-31-23(30)21-9-7-16(32-21)13-28-12-15(17-4-2-3-5-20(17)28)11-26-27-22(29)14-6-8-18(24)19(25)10-14/h2-12H,13H2,1H3,(H,27,29)/b26-11-. The first kappa shape index (κ1) is 21.7. The number of benzene rings is 2. The number of nitrogens with zero attached hydrogens (tertiary/aromatic N) is 2. The van der Waals surface area contributed by atoms with E-state index in [1.165, 1.54) is 13.2 Å². The van der Waals surface area contributed by atoms with Crippen LogP contribution in [0.1, 0.15) is 32.2 Å². The fourth-order valence-electron chi connectivity index (χ4n) is 3.21. The number of hydrazone groups is 1. The highest BCUT2D eigenvalue weighted by Gasteiger charge is 2.13. The number of hydrogen-bond donors (Lipinski definition) is 1. The van der Waals surface area contributed by atoms with Crippen LogP contribution in [0.4, 0.5) is 0 Å². The van der Waals surface area contributed by atoms with E-state index in [1.54, 1.807) is 30.5 Å². The number of carbonyl (C=O) groups excluding carboxylic acids is 2. The molecule has 0 saturated heterocycles. The van der Waals surface area contributed by atoms with E-state index >= 15 is 0 Å². The molecule has 0 fully saturated rings. The summed E-state index contributed by atoms with van der Waals surface area (Å²) in [6.07, 6.45) is 3.45. The number of furan rings is 1. The largest absolute Gasteiger partial charge is 0.463 e. The highest BCUT2D eigenvalue weighted by molar-refractivity contribution is 6.42. The maximum atomic E-state index is 12.3. The molecular weight excluding hydrogens is 453 g/mol. The van der Waals surface area contributed by atoms with Crippen LogP contribution in [0.25, 0.3) is 10.9 Å². The van der Waals surface area contributed by atoms with Gasteiger partial charge in [0.25, 0.3) is 5.91 Å². The van der Waals surface area contributed by atoms with E-state index in [4.69, 9.17) is 27.6 Å². The number of ether oxygens (including phenoxy) is 1. The normalized spacial score (nSPS) is 11.2. The molecule has 0 spiro atoms. The minimum atomic E-state index is -0.529. The quantitative estimate of drug-likeness (QED) is 0.240. The van der Waals surface area contributed by atoms with Crippen LogP contribution >= 0.6 is 23.2 Å². The highest BCUT2D eigenvalue weighted by Crippen LogP contribution is 2.23. The number of esters is 1. The Balaban J connectivity index is 1.54. The van der Waals surface area contributed by atoms with Gasteiger partial charge in [0, 0.05) is 28.2 Å². The van der Waals surface area contributed by atoms with E-state index in [-0.39, 0.29) is 5.76 Å². The second kappa shape index (κ2) is 9.30. The Morgan fingerprint density at radius 3 is 2.72 bits per heavy atom. The molecule has 1 N–H and O–H groups in total. The molecule has 32 heavy (non-hydrogen) atoms. The van der Waals surface area contributed by atoms with Gasteiger partial charge in [0.05, 0.1) is 29.9 Å². The van der Waals surface area contributed by atoms with Gasteiger partial charge in [-0.05, 0) is 36.4 Å². The van der Waals surface area contributed by atoms with Gasteiger partial charge >= 0.3 is 5.97 Å². The lowest BCUT2D eigenvalue weighted by Gasteiger charge is -2.02. The molecule has 0 radical (unpaired) electrons. The molecule has 9 heteroatoms. The number of amides is 1. The molecule has 2 heterocycles. The van der Waals surface area contributed by atoms with Gasteiger partial charge in [-0.2, -0.15) is 5.10 Å². The highest BCUT2D eigenvalue weighted by atomic mass is 35.5. The lowest BCUT2D eigenvalue weighted by Crippen LogP contribution is -2.17. The van der Waals surface area contributed by atoms with Crippen molar-refractivity contribution < 1.29 is 18.7 Å². The van der Waals surface area contributed by atoms with Crippen LogP contribution in [0.15, 0.2) is 70.3 Å². The molecule has 0 aliphatic heterocycles. The topological polar surface area (TPSA) is 85.8 Å². The summed E-state index contributed by atoms with van der Waals surface area (Å²) >= 11 is 11.8. The lowest BCUT2D eigenvalue weighted by molar-refractivity contribution is 0.0562. The maximum absolute atomic E-state index is 12.3. The summed E-state index contributed by atoms with van der Waals surface area (Å²) < 4.78 is 12.2. The van der Waals surface area contributed by atoms with Crippen LogP contribution in [0.3, 0.4) is 0 Å². The van der Waals surface area contributed by atoms with E-state index in [0.29, 0.717) is 27.9 Å². The number of para-hydroxylation sites is 1. The predicted molar refractivity (Wildman–Crippen MR) is 123 cm³/mol. The number of carbonyl (C=O) groups is 2. The summed E-state index contributed by atoms with van der Waals surface area (Å²) in [4.78, 5) is 23.9. The summed E-state index contributed by atoms with van der Waals surface area (Å²) in [6.45, 7) is 0.404. The second-order valence-corrected chi connectivity index (χ2v) is 7.63. The van der Waals surface area contributed by atoms with Gasteiger partial charge in [-0.1, -0.05) is 41.4 Å². The minimum absolute atomic E-state index is 0.144. The van der Waals surface area contributed by atoms with E-state index < -0.39 is 11.9 Å². The molecule has 0 aliphatic rings. The van der Waals surface area contributed by atoms with E-state index in [0.717, 1.165) is 16.5 Å². The van der Waals surface area contributed by atoms with Crippen molar-refractivity contribution in [3.8, 4) is 0 Å². The molecule has 4 rings (SSSR count). The van der Waals surface area contributed by atoms with Crippen LogP contribution in [-0.4, -0.2) is 29.8 Å². The number of aromatic nitrogens is 1. The SMILES string of the molecule is COC(=O)c1ccc(Cn2cc(/C=N\NC(=O)c3ccc(Cl)c(Cl)c3)c3ccccc32)o1. The number of halogens is 2. The Hall–Kier alpha value is -3.55. The zero-order chi connectivity index (χ0) is 22.7. The number of nitrogens with one attached hydrogen (secondary N) is 1. The van der Waals surface area contributed by atoms with Gasteiger partial charge in [0.15, 0.2) is 0 Å². The Bertz CT molecular complexity index is 1340. The van der Waals surface area contributed by atoms with Crippen molar-refractivity contribution in [1.82, 2.24) is 9.99 Å². The van der Waals surface area contributed by atoms with E-state index in [2.05, 4.69) is 15.3 Å². The average Bonchev–Trinajstić information content (AvgIpc) is 3.40. The van der Waals surface area contributed by atoms with Gasteiger partial charge in [0.1, 0.15) is 5.76 Å². The molecule has 7 nitrogen and oxygen atoms in total. The van der Waals surface area contributed by atoms with Crippen LogP contribution < -0.4 is 5.43 Å². The summed E-state index contributed by atoms with van der Waals surface area (Å²) in [5.74, 6) is -0.193. The Labute approximate surface area is 193 Å². The van der Waals surface area contributed by atoms with E-state index in [9.17, 15) is 9.59 Å². The van der Waals surface area contributed by atoms with Crippen molar-refractivity contribution in [2.24, 2.45) is 5.10 Å². The number of fused-ring (bicyclic) bond motifs is 1. The summed E-state index contributed by atoms with van der Waals surface area (Å²) in [5.41, 5.74) is 4.58. The molecule has 1 amide bonds.